The largest absolute Gasteiger partial charge is 0.258 e. The number of aromatic amines is 1. The van der Waals surface area contributed by atoms with Gasteiger partial charge in [0.2, 0.25) is 5.16 Å². The van der Waals surface area contributed by atoms with Gasteiger partial charge < -0.3 is 0 Å². The van der Waals surface area contributed by atoms with Crippen LogP contribution in [0.5, 0.6) is 0 Å². The van der Waals surface area contributed by atoms with Crippen molar-refractivity contribution in [1.82, 2.24) is 15.2 Å². The Bertz CT molecular complexity index is 544. The molecule has 0 radical (unpaired) electrons. The van der Waals surface area contributed by atoms with Gasteiger partial charge in [-0.25, -0.2) is 4.98 Å². The summed E-state index contributed by atoms with van der Waals surface area (Å²) in [5.74, 6) is 1.58. The number of nitriles is 1. The van der Waals surface area contributed by atoms with Crippen LogP contribution in [0.4, 0.5) is 0 Å². The van der Waals surface area contributed by atoms with E-state index in [1.165, 1.54) is 0 Å². The molecule has 0 unspecified atom stereocenters. The highest BCUT2D eigenvalue weighted by atomic mass is 35.5. The number of halogens is 1. The highest BCUT2D eigenvalue weighted by molar-refractivity contribution is 7.99. The molecule has 1 aromatic carbocycles. The quantitative estimate of drug-likeness (QED) is 0.671. The minimum atomic E-state index is 0.571. The molecule has 0 aliphatic rings. The van der Waals surface area contributed by atoms with Gasteiger partial charge in [-0.05, 0) is 30.7 Å². The van der Waals surface area contributed by atoms with Crippen molar-refractivity contribution < 1.29 is 0 Å². The van der Waals surface area contributed by atoms with Crippen LogP contribution in [0, 0.1) is 11.3 Å². The third kappa shape index (κ3) is 3.49. The second-order valence-electron chi connectivity index (χ2n) is 3.58. The molecule has 1 N–H and O–H groups in total. The second kappa shape index (κ2) is 6.43. The molecule has 0 saturated carbocycles. The first-order valence-electron chi connectivity index (χ1n) is 5.47. The lowest BCUT2D eigenvalue weighted by Crippen LogP contribution is -1.81. The van der Waals surface area contributed by atoms with Crippen LogP contribution in [0.3, 0.4) is 0 Å². The second-order valence-corrected chi connectivity index (χ2v) is 5.08. The first kappa shape index (κ1) is 12.9. The average molecular weight is 279 g/mol. The Morgan fingerprint density at radius 2 is 2.11 bits per heavy atom. The van der Waals surface area contributed by atoms with Crippen molar-refractivity contribution in [2.45, 2.75) is 18.0 Å². The predicted octanol–water partition coefficient (Wildman–Crippen LogP) is 3.52. The molecule has 0 spiro atoms. The maximum absolute atomic E-state index is 8.43. The molecule has 0 aliphatic heterocycles. The number of nitrogens with one attached hydrogen (secondary N) is 1. The molecule has 92 valence electrons. The molecule has 0 saturated heterocycles. The number of H-pyrrole nitrogens is 1. The number of nitrogens with zero attached hydrogens (tertiary/aromatic N) is 3. The smallest absolute Gasteiger partial charge is 0.208 e. The summed E-state index contributed by atoms with van der Waals surface area (Å²) in [4.78, 5) is 4.38. The zero-order chi connectivity index (χ0) is 12.8. The Morgan fingerprint density at radius 1 is 1.33 bits per heavy atom. The van der Waals surface area contributed by atoms with Crippen molar-refractivity contribution in [3.05, 3.63) is 29.3 Å². The predicted molar refractivity (Wildman–Crippen MR) is 72.4 cm³/mol. The van der Waals surface area contributed by atoms with E-state index in [1.807, 2.05) is 24.3 Å². The lowest BCUT2D eigenvalue weighted by Gasteiger charge is -1.95. The molecule has 1 aromatic heterocycles. The van der Waals surface area contributed by atoms with Crippen LogP contribution in [0.2, 0.25) is 5.02 Å². The maximum Gasteiger partial charge on any atom is 0.208 e. The van der Waals surface area contributed by atoms with E-state index in [0.717, 1.165) is 23.6 Å². The summed E-state index contributed by atoms with van der Waals surface area (Å²) >= 11 is 7.37. The molecule has 0 atom stereocenters. The van der Waals surface area contributed by atoms with E-state index in [9.17, 15) is 0 Å². The fourth-order valence-electron chi connectivity index (χ4n) is 1.36. The number of benzene rings is 1. The lowest BCUT2D eigenvalue weighted by molar-refractivity contribution is 0.950. The number of hydrogen-bond acceptors (Lipinski definition) is 4. The van der Waals surface area contributed by atoms with Crippen molar-refractivity contribution in [3.8, 4) is 17.5 Å². The third-order valence-electron chi connectivity index (χ3n) is 2.25. The van der Waals surface area contributed by atoms with Gasteiger partial charge in [-0.15, -0.1) is 5.10 Å². The van der Waals surface area contributed by atoms with Crippen molar-refractivity contribution in [1.29, 1.82) is 5.26 Å². The van der Waals surface area contributed by atoms with Crippen molar-refractivity contribution in [3.63, 3.8) is 0 Å². The van der Waals surface area contributed by atoms with Gasteiger partial charge in [0.05, 0.1) is 6.07 Å². The van der Waals surface area contributed by atoms with Crippen LogP contribution in [0.25, 0.3) is 11.4 Å². The van der Waals surface area contributed by atoms with Gasteiger partial charge >= 0.3 is 0 Å². The summed E-state index contributed by atoms with van der Waals surface area (Å²) in [5.41, 5.74) is 0.954. The molecule has 18 heavy (non-hydrogen) atoms. The fourth-order valence-corrected chi connectivity index (χ4v) is 2.23. The first-order chi connectivity index (χ1) is 8.79. The molecule has 1 heterocycles. The monoisotopic (exact) mass is 278 g/mol. The van der Waals surface area contributed by atoms with Gasteiger partial charge in [-0.2, -0.15) is 5.26 Å². The van der Waals surface area contributed by atoms with Crippen LogP contribution in [0.1, 0.15) is 12.8 Å². The van der Waals surface area contributed by atoms with Gasteiger partial charge in [0.15, 0.2) is 5.82 Å². The van der Waals surface area contributed by atoms with Crippen LogP contribution < -0.4 is 0 Å². The Morgan fingerprint density at radius 3 is 2.83 bits per heavy atom. The Kier molecular flexibility index (Phi) is 4.62. The van der Waals surface area contributed by atoms with Crippen LogP contribution in [0.15, 0.2) is 29.4 Å². The average Bonchev–Trinajstić information content (AvgIpc) is 2.84. The summed E-state index contributed by atoms with van der Waals surface area (Å²) in [6.07, 6.45) is 1.42. The third-order valence-corrected chi connectivity index (χ3v) is 3.43. The molecule has 0 amide bonds. The highest BCUT2D eigenvalue weighted by Gasteiger charge is 2.05. The van der Waals surface area contributed by atoms with Crippen molar-refractivity contribution in [2.75, 3.05) is 5.75 Å². The summed E-state index contributed by atoms with van der Waals surface area (Å²) in [5, 5.41) is 16.9. The van der Waals surface area contributed by atoms with Crippen molar-refractivity contribution in [2.24, 2.45) is 0 Å². The first-order valence-corrected chi connectivity index (χ1v) is 6.84. The van der Waals surface area contributed by atoms with Gasteiger partial charge in [-0.1, -0.05) is 23.4 Å². The van der Waals surface area contributed by atoms with Gasteiger partial charge in [0.25, 0.3) is 0 Å². The van der Waals surface area contributed by atoms with E-state index in [-0.39, 0.29) is 0 Å². The minimum absolute atomic E-state index is 0.571. The van der Waals surface area contributed by atoms with E-state index < -0.39 is 0 Å². The number of rotatable bonds is 5. The molecule has 2 rings (SSSR count). The van der Waals surface area contributed by atoms with Gasteiger partial charge in [0.1, 0.15) is 0 Å². The van der Waals surface area contributed by atoms with E-state index in [1.54, 1.807) is 11.8 Å². The van der Waals surface area contributed by atoms with Gasteiger partial charge in [-0.3, -0.25) is 5.10 Å². The van der Waals surface area contributed by atoms with E-state index >= 15 is 0 Å². The zero-order valence-corrected chi connectivity index (χ0v) is 11.1. The molecule has 0 bridgehead atoms. The normalized spacial score (nSPS) is 10.2. The molecular formula is C12H11ClN4S. The fraction of sp³-hybridized carbons (Fsp3) is 0.250. The van der Waals surface area contributed by atoms with Crippen LogP contribution in [-0.2, 0) is 0 Å². The Hall–Kier alpha value is -1.51. The topological polar surface area (TPSA) is 65.4 Å². The standard InChI is InChI=1S/C12H11ClN4S/c13-10-5-3-9(4-6-10)11-15-12(17-16-11)18-8-2-1-7-14/h3-6H,1-2,8H2,(H,15,16,17). The molecule has 0 fully saturated rings. The molecule has 2 aromatic rings. The Balaban J connectivity index is 1.97. The number of aromatic nitrogens is 3. The van der Waals surface area contributed by atoms with E-state index in [2.05, 4.69) is 21.3 Å². The van der Waals surface area contributed by atoms with E-state index in [4.69, 9.17) is 16.9 Å². The zero-order valence-electron chi connectivity index (χ0n) is 9.56. The van der Waals surface area contributed by atoms with Crippen LogP contribution >= 0.6 is 23.4 Å². The Labute approximate surface area is 114 Å². The van der Waals surface area contributed by atoms with Crippen LogP contribution in [-0.4, -0.2) is 20.9 Å². The summed E-state index contributed by atoms with van der Waals surface area (Å²) in [6.45, 7) is 0. The van der Waals surface area contributed by atoms with E-state index in [0.29, 0.717) is 16.6 Å². The molecule has 4 nitrogen and oxygen atoms in total. The van der Waals surface area contributed by atoms with Crippen molar-refractivity contribution >= 4 is 23.4 Å². The highest BCUT2D eigenvalue weighted by Crippen LogP contribution is 2.21. The molecular weight excluding hydrogens is 268 g/mol. The minimum Gasteiger partial charge on any atom is -0.258 e. The number of thioether (sulfide) groups is 1. The summed E-state index contributed by atoms with van der Waals surface area (Å²) in [6, 6.07) is 9.54. The number of unbranched alkanes of at least 4 members (excludes halogenated alkanes) is 1. The molecule has 6 heteroatoms. The summed E-state index contributed by atoms with van der Waals surface area (Å²) in [7, 11) is 0. The lowest BCUT2D eigenvalue weighted by atomic mass is 10.2. The molecule has 0 aliphatic carbocycles. The SMILES string of the molecule is N#CCCCSc1n[nH]c(-c2ccc(Cl)cc2)n1. The number of hydrogen-bond donors (Lipinski definition) is 1. The van der Waals surface area contributed by atoms with Gasteiger partial charge in [0, 0.05) is 22.8 Å². The maximum atomic E-state index is 8.43. The summed E-state index contributed by atoms with van der Waals surface area (Å²) < 4.78 is 0.